The summed E-state index contributed by atoms with van der Waals surface area (Å²) in [4.78, 5) is 14.0. The van der Waals surface area contributed by atoms with Crippen LogP contribution in [0.5, 0.6) is 0 Å². The molecule has 2 aromatic rings. The zero-order chi connectivity index (χ0) is 11.7. The summed E-state index contributed by atoms with van der Waals surface area (Å²) in [6.07, 6.45) is 0. The minimum absolute atomic E-state index is 0.0241. The van der Waals surface area contributed by atoms with Crippen LogP contribution >= 0.6 is 0 Å². The number of hydrogen-bond donors (Lipinski definition) is 1. The molecule has 1 heterocycles. The summed E-state index contributed by atoms with van der Waals surface area (Å²) in [5.41, 5.74) is 6.61. The molecule has 0 amide bonds. The first kappa shape index (κ1) is 10.1. The molecule has 0 aliphatic rings. The van der Waals surface area contributed by atoms with Gasteiger partial charge in [0, 0.05) is 17.7 Å². The third-order valence-corrected chi connectivity index (χ3v) is 2.11. The Morgan fingerprint density at radius 2 is 2.25 bits per heavy atom. The van der Waals surface area contributed by atoms with Gasteiger partial charge in [0.05, 0.1) is 4.92 Å². The van der Waals surface area contributed by atoms with Crippen LogP contribution in [0.2, 0.25) is 0 Å². The number of nitrogen functional groups attached to an aromatic ring is 1. The molecule has 0 radical (unpaired) electrons. The van der Waals surface area contributed by atoms with Crippen LogP contribution in [0.3, 0.4) is 0 Å². The monoisotopic (exact) mass is 220 g/mol. The van der Waals surface area contributed by atoms with Gasteiger partial charge in [-0.1, -0.05) is 11.2 Å². The molecular weight excluding hydrogens is 212 g/mol. The largest absolute Gasteiger partial charge is 0.351 e. The molecule has 0 saturated carbocycles. The summed E-state index contributed by atoms with van der Waals surface area (Å²) in [5, 5.41) is 14.2. The highest BCUT2D eigenvalue weighted by molar-refractivity contribution is 5.63. The Morgan fingerprint density at radius 3 is 2.81 bits per heavy atom. The SMILES string of the molecule is Cc1ccc([N+](=O)[O-])cc1-c1noc(N)n1. The first-order valence-corrected chi connectivity index (χ1v) is 4.42. The molecular formula is C9H8N4O3. The van der Waals surface area contributed by atoms with Crippen LogP contribution in [0.25, 0.3) is 11.4 Å². The molecule has 1 aromatic carbocycles. The van der Waals surface area contributed by atoms with Crippen molar-refractivity contribution in [3.63, 3.8) is 0 Å². The number of nitrogens with zero attached hydrogens (tertiary/aromatic N) is 3. The Hall–Kier alpha value is -2.44. The van der Waals surface area contributed by atoms with Crippen molar-refractivity contribution in [2.45, 2.75) is 6.92 Å². The number of nitrogens with two attached hydrogens (primary N) is 1. The van der Waals surface area contributed by atoms with E-state index >= 15 is 0 Å². The molecule has 2 N–H and O–H groups in total. The topological polar surface area (TPSA) is 108 Å². The van der Waals surface area contributed by atoms with E-state index < -0.39 is 4.92 Å². The average molecular weight is 220 g/mol. The maximum Gasteiger partial charge on any atom is 0.319 e. The maximum atomic E-state index is 10.6. The standard InChI is InChI=1S/C9H8N4O3/c1-5-2-3-6(13(14)15)4-7(5)8-11-9(10)16-12-8/h2-4H,1H3,(H2,10,11,12). The summed E-state index contributed by atoms with van der Waals surface area (Å²) in [7, 11) is 0. The molecule has 0 saturated heterocycles. The van der Waals surface area contributed by atoms with Gasteiger partial charge in [0.1, 0.15) is 0 Å². The van der Waals surface area contributed by atoms with Gasteiger partial charge in [-0.15, -0.1) is 0 Å². The summed E-state index contributed by atoms with van der Waals surface area (Å²) in [6.45, 7) is 1.80. The molecule has 82 valence electrons. The van der Waals surface area contributed by atoms with Gasteiger partial charge in [-0.3, -0.25) is 10.1 Å². The van der Waals surface area contributed by atoms with Crippen LogP contribution in [0.4, 0.5) is 11.7 Å². The van der Waals surface area contributed by atoms with E-state index in [2.05, 4.69) is 14.7 Å². The van der Waals surface area contributed by atoms with Crippen molar-refractivity contribution in [1.82, 2.24) is 10.1 Å². The van der Waals surface area contributed by atoms with Crippen LogP contribution in [0.15, 0.2) is 22.7 Å². The summed E-state index contributed by atoms with van der Waals surface area (Å²) in [5.74, 6) is 0.249. The Kier molecular flexibility index (Phi) is 2.28. The number of rotatable bonds is 2. The van der Waals surface area contributed by atoms with Crippen LogP contribution < -0.4 is 5.73 Å². The van der Waals surface area contributed by atoms with Gasteiger partial charge < -0.3 is 10.3 Å². The highest BCUT2D eigenvalue weighted by Crippen LogP contribution is 2.25. The zero-order valence-corrected chi connectivity index (χ0v) is 8.38. The average Bonchev–Trinajstić information content (AvgIpc) is 2.65. The highest BCUT2D eigenvalue weighted by Gasteiger charge is 2.14. The van der Waals surface area contributed by atoms with E-state index in [1.165, 1.54) is 12.1 Å². The second-order valence-corrected chi connectivity index (χ2v) is 3.21. The van der Waals surface area contributed by atoms with Crippen LogP contribution in [-0.2, 0) is 0 Å². The lowest BCUT2D eigenvalue weighted by Crippen LogP contribution is -1.92. The molecule has 0 aliphatic heterocycles. The quantitative estimate of drug-likeness (QED) is 0.607. The molecule has 7 heteroatoms. The van der Waals surface area contributed by atoms with Crippen LogP contribution in [-0.4, -0.2) is 15.1 Å². The van der Waals surface area contributed by atoms with Gasteiger partial charge in [0.2, 0.25) is 5.82 Å². The lowest BCUT2D eigenvalue weighted by atomic mass is 10.1. The number of benzene rings is 1. The summed E-state index contributed by atoms with van der Waals surface area (Å²) in [6, 6.07) is 4.36. The maximum absolute atomic E-state index is 10.6. The molecule has 0 bridgehead atoms. The second kappa shape index (κ2) is 3.61. The van der Waals surface area contributed by atoms with E-state index in [0.717, 1.165) is 5.56 Å². The minimum atomic E-state index is -0.480. The summed E-state index contributed by atoms with van der Waals surface area (Å²) < 4.78 is 4.62. The predicted molar refractivity (Wildman–Crippen MR) is 55.5 cm³/mol. The number of hydrogen-bond acceptors (Lipinski definition) is 6. The molecule has 16 heavy (non-hydrogen) atoms. The number of non-ortho nitro benzene ring substituents is 1. The minimum Gasteiger partial charge on any atom is -0.351 e. The van der Waals surface area contributed by atoms with Crippen molar-refractivity contribution in [2.24, 2.45) is 0 Å². The van der Waals surface area contributed by atoms with Crippen molar-refractivity contribution in [3.05, 3.63) is 33.9 Å². The Balaban J connectivity index is 2.55. The lowest BCUT2D eigenvalue weighted by molar-refractivity contribution is -0.384. The molecule has 0 atom stereocenters. The first-order chi connectivity index (χ1) is 7.58. The highest BCUT2D eigenvalue weighted by atomic mass is 16.6. The molecule has 7 nitrogen and oxygen atoms in total. The predicted octanol–water partition coefficient (Wildman–Crippen LogP) is 1.54. The second-order valence-electron chi connectivity index (χ2n) is 3.21. The van der Waals surface area contributed by atoms with Crippen molar-refractivity contribution in [3.8, 4) is 11.4 Å². The van der Waals surface area contributed by atoms with Gasteiger partial charge >= 0.3 is 6.01 Å². The molecule has 0 spiro atoms. The zero-order valence-electron chi connectivity index (χ0n) is 8.38. The van der Waals surface area contributed by atoms with Crippen molar-refractivity contribution >= 4 is 11.7 Å². The summed E-state index contributed by atoms with van der Waals surface area (Å²) >= 11 is 0. The van der Waals surface area contributed by atoms with E-state index in [1.54, 1.807) is 13.0 Å². The lowest BCUT2D eigenvalue weighted by Gasteiger charge is -1.99. The van der Waals surface area contributed by atoms with Gasteiger partial charge in [-0.25, -0.2) is 0 Å². The fraction of sp³-hybridized carbons (Fsp3) is 0.111. The van der Waals surface area contributed by atoms with E-state index in [4.69, 9.17) is 5.73 Å². The van der Waals surface area contributed by atoms with Crippen molar-refractivity contribution < 1.29 is 9.45 Å². The van der Waals surface area contributed by atoms with E-state index in [1.807, 2.05) is 0 Å². The van der Waals surface area contributed by atoms with Gasteiger partial charge in [-0.2, -0.15) is 4.98 Å². The van der Waals surface area contributed by atoms with E-state index in [-0.39, 0.29) is 17.5 Å². The van der Waals surface area contributed by atoms with Gasteiger partial charge in [0.15, 0.2) is 0 Å². The van der Waals surface area contributed by atoms with Crippen LogP contribution in [0.1, 0.15) is 5.56 Å². The third-order valence-electron chi connectivity index (χ3n) is 2.11. The molecule has 2 rings (SSSR count). The fourth-order valence-electron chi connectivity index (χ4n) is 1.31. The molecule has 1 aromatic heterocycles. The third kappa shape index (κ3) is 1.70. The van der Waals surface area contributed by atoms with E-state index in [0.29, 0.717) is 5.56 Å². The van der Waals surface area contributed by atoms with Crippen molar-refractivity contribution in [1.29, 1.82) is 0 Å². The number of nitro benzene ring substituents is 1. The first-order valence-electron chi connectivity index (χ1n) is 4.42. The number of aromatic nitrogens is 2. The number of nitro groups is 1. The van der Waals surface area contributed by atoms with Crippen molar-refractivity contribution in [2.75, 3.05) is 5.73 Å². The Morgan fingerprint density at radius 1 is 1.50 bits per heavy atom. The van der Waals surface area contributed by atoms with E-state index in [9.17, 15) is 10.1 Å². The van der Waals surface area contributed by atoms with Crippen LogP contribution in [0, 0.1) is 17.0 Å². The Bertz CT molecular complexity index is 549. The van der Waals surface area contributed by atoms with Gasteiger partial charge in [-0.05, 0) is 12.5 Å². The number of anilines is 1. The molecule has 0 fully saturated rings. The Labute approximate surface area is 90.0 Å². The molecule has 0 aliphatic carbocycles. The fourth-order valence-corrected chi connectivity index (χ4v) is 1.31. The smallest absolute Gasteiger partial charge is 0.319 e. The number of aryl methyl sites for hydroxylation is 1. The molecule has 0 unspecified atom stereocenters. The normalized spacial score (nSPS) is 10.3. The van der Waals surface area contributed by atoms with Gasteiger partial charge in [0.25, 0.3) is 5.69 Å².